The standard InChI is InChI=1S/C26H44O9/c1-14-5-7-17-16(25(2,3)33)9-10-26(17,4)20(29)11-15(12-27)6-8-18(14)34-24-23(32)22(31)21(30)19(13-28)35-24/h11,16-24,27-33H,1,5-10,12-13H2,2-4H3. The molecule has 7 N–H and O–H groups in total. The van der Waals surface area contributed by atoms with E-state index < -0.39 is 60.5 Å². The lowest BCUT2D eigenvalue weighted by Gasteiger charge is -2.42. The molecule has 0 amide bonds. The van der Waals surface area contributed by atoms with Gasteiger partial charge in [0, 0.05) is 5.41 Å². The summed E-state index contributed by atoms with van der Waals surface area (Å²) < 4.78 is 11.6. The van der Waals surface area contributed by atoms with Crippen LogP contribution in [-0.4, -0.2) is 97.5 Å². The second-order valence-corrected chi connectivity index (χ2v) is 11.4. The van der Waals surface area contributed by atoms with Crippen LogP contribution in [0.25, 0.3) is 0 Å². The van der Waals surface area contributed by atoms with Crippen molar-refractivity contribution >= 4 is 0 Å². The van der Waals surface area contributed by atoms with E-state index in [2.05, 4.69) is 6.58 Å². The number of rotatable bonds is 5. The van der Waals surface area contributed by atoms with Crippen LogP contribution in [0.3, 0.4) is 0 Å². The van der Waals surface area contributed by atoms with Crippen LogP contribution in [0, 0.1) is 17.3 Å². The number of aliphatic hydroxyl groups excluding tert-OH is 6. The van der Waals surface area contributed by atoms with Gasteiger partial charge in [-0.1, -0.05) is 19.6 Å². The Morgan fingerprint density at radius 2 is 1.74 bits per heavy atom. The van der Waals surface area contributed by atoms with Crippen molar-refractivity contribution in [2.45, 2.75) is 108 Å². The quantitative estimate of drug-likeness (QED) is 0.265. The van der Waals surface area contributed by atoms with E-state index in [0.29, 0.717) is 31.3 Å². The summed E-state index contributed by atoms with van der Waals surface area (Å²) in [6.07, 6.45) is -3.03. The summed E-state index contributed by atoms with van der Waals surface area (Å²) in [6.45, 7) is 9.09. The predicted octanol–water partition coefficient (Wildman–Crippen LogP) is 0.385. The minimum absolute atomic E-state index is 0.00328. The zero-order chi connectivity index (χ0) is 26.1. The van der Waals surface area contributed by atoms with E-state index >= 15 is 0 Å². The summed E-state index contributed by atoms with van der Waals surface area (Å²) in [4.78, 5) is 0. The molecule has 0 aromatic rings. The monoisotopic (exact) mass is 500 g/mol. The van der Waals surface area contributed by atoms with Crippen molar-refractivity contribution in [1.82, 2.24) is 0 Å². The first kappa shape index (κ1) is 28.7. The molecule has 3 aliphatic rings. The van der Waals surface area contributed by atoms with Crippen LogP contribution in [0.4, 0.5) is 0 Å². The Morgan fingerprint density at radius 1 is 1.06 bits per heavy atom. The molecule has 0 aromatic heterocycles. The molecule has 1 saturated carbocycles. The Balaban J connectivity index is 1.86. The SMILES string of the molecule is C=C1CCC2C(C(C)(C)O)CCC2(C)C(O)C=C(CO)CCC1OC1OC(CO)C(O)C(O)C1O. The normalized spacial score (nSPS) is 43.9. The second-order valence-electron chi connectivity index (χ2n) is 11.4. The number of hydrogen-bond donors (Lipinski definition) is 7. The van der Waals surface area contributed by atoms with Gasteiger partial charge in [-0.25, -0.2) is 0 Å². The molecule has 9 nitrogen and oxygen atoms in total. The summed E-state index contributed by atoms with van der Waals surface area (Å²) in [5, 5.41) is 72.2. The molecule has 1 heterocycles. The van der Waals surface area contributed by atoms with Crippen LogP contribution < -0.4 is 0 Å². The Kier molecular flexibility index (Phi) is 9.22. The molecule has 1 saturated heterocycles. The fraction of sp³-hybridized carbons (Fsp3) is 0.846. The molecule has 10 atom stereocenters. The summed E-state index contributed by atoms with van der Waals surface area (Å²) in [7, 11) is 0. The van der Waals surface area contributed by atoms with Gasteiger partial charge in [0.2, 0.25) is 0 Å². The molecule has 0 radical (unpaired) electrons. The Bertz CT molecular complexity index is 760. The average molecular weight is 501 g/mol. The van der Waals surface area contributed by atoms with Crippen molar-refractivity contribution in [2.75, 3.05) is 13.2 Å². The Labute approximate surface area is 207 Å². The lowest BCUT2D eigenvalue weighted by atomic mass is 9.67. The number of aliphatic hydroxyl groups is 7. The first-order valence-electron chi connectivity index (χ1n) is 12.7. The highest BCUT2D eigenvalue weighted by Gasteiger charge is 2.52. The van der Waals surface area contributed by atoms with Crippen molar-refractivity contribution in [3.8, 4) is 0 Å². The van der Waals surface area contributed by atoms with Crippen LogP contribution in [-0.2, 0) is 9.47 Å². The van der Waals surface area contributed by atoms with Gasteiger partial charge in [-0.15, -0.1) is 0 Å². The van der Waals surface area contributed by atoms with Crippen molar-refractivity contribution in [1.29, 1.82) is 0 Å². The van der Waals surface area contributed by atoms with Gasteiger partial charge in [0.25, 0.3) is 0 Å². The van der Waals surface area contributed by atoms with E-state index in [9.17, 15) is 35.7 Å². The summed E-state index contributed by atoms with van der Waals surface area (Å²) in [5.74, 6) is -0.0250. The average Bonchev–Trinajstić information content (AvgIpc) is 3.15. The minimum Gasteiger partial charge on any atom is -0.394 e. The van der Waals surface area contributed by atoms with Crippen LogP contribution in [0.2, 0.25) is 0 Å². The van der Waals surface area contributed by atoms with E-state index in [-0.39, 0.29) is 18.4 Å². The van der Waals surface area contributed by atoms with Crippen molar-refractivity contribution in [3.05, 3.63) is 23.8 Å². The highest BCUT2D eigenvalue weighted by atomic mass is 16.7. The van der Waals surface area contributed by atoms with E-state index in [4.69, 9.17) is 9.47 Å². The van der Waals surface area contributed by atoms with Gasteiger partial charge in [-0.2, -0.15) is 0 Å². The molecule has 0 spiro atoms. The molecule has 9 heteroatoms. The number of ether oxygens (including phenoxy) is 2. The smallest absolute Gasteiger partial charge is 0.187 e. The molecule has 1 aliphatic heterocycles. The number of hydrogen-bond acceptors (Lipinski definition) is 9. The Morgan fingerprint density at radius 3 is 2.34 bits per heavy atom. The van der Waals surface area contributed by atoms with Crippen LogP contribution in [0.5, 0.6) is 0 Å². The first-order valence-corrected chi connectivity index (χ1v) is 12.7. The van der Waals surface area contributed by atoms with Gasteiger partial charge in [0.15, 0.2) is 6.29 Å². The fourth-order valence-corrected chi connectivity index (χ4v) is 6.21. The van der Waals surface area contributed by atoms with E-state index in [1.165, 1.54) is 0 Å². The third-order valence-corrected chi connectivity index (χ3v) is 8.61. The summed E-state index contributed by atoms with van der Waals surface area (Å²) in [5.41, 5.74) is 0.00334. The maximum absolute atomic E-state index is 11.2. The van der Waals surface area contributed by atoms with E-state index in [1.807, 2.05) is 6.92 Å². The maximum atomic E-state index is 11.2. The van der Waals surface area contributed by atoms with E-state index in [1.54, 1.807) is 19.9 Å². The van der Waals surface area contributed by atoms with Crippen molar-refractivity contribution in [3.63, 3.8) is 0 Å². The van der Waals surface area contributed by atoms with Gasteiger partial charge in [0.05, 0.1) is 31.0 Å². The van der Waals surface area contributed by atoms with Gasteiger partial charge >= 0.3 is 0 Å². The molecule has 35 heavy (non-hydrogen) atoms. The molecule has 10 unspecified atom stereocenters. The van der Waals surface area contributed by atoms with Gasteiger partial charge in [0.1, 0.15) is 24.4 Å². The van der Waals surface area contributed by atoms with Crippen LogP contribution >= 0.6 is 0 Å². The lowest BCUT2D eigenvalue weighted by molar-refractivity contribution is -0.308. The van der Waals surface area contributed by atoms with E-state index in [0.717, 1.165) is 18.4 Å². The van der Waals surface area contributed by atoms with Crippen molar-refractivity contribution in [2.24, 2.45) is 17.3 Å². The highest BCUT2D eigenvalue weighted by Crippen LogP contribution is 2.55. The topological polar surface area (TPSA) is 160 Å². The molecule has 2 fully saturated rings. The molecule has 2 aliphatic carbocycles. The van der Waals surface area contributed by atoms with Crippen LogP contribution in [0.15, 0.2) is 23.8 Å². The molecule has 0 aromatic carbocycles. The highest BCUT2D eigenvalue weighted by molar-refractivity contribution is 5.16. The third kappa shape index (κ3) is 6.00. The Hall–Kier alpha value is -0.880. The molecule has 0 bridgehead atoms. The zero-order valence-corrected chi connectivity index (χ0v) is 21.1. The van der Waals surface area contributed by atoms with Gasteiger partial charge in [-0.05, 0) is 75.4 Å². The fourth-order valence-electron chi connectivity index (χ4n) is 6.21. The van der Waals surface area contributed by atoms with Crippen molar-refractivity contribution < 1.29 is 45.2 Å². The minimum atomic E-state index is -1.54. The summed E-state index contributed by atoms with van der Waals surface area (Å²) >= 11 is 0. The van der Waals surface area contributed by atoms with Gasteiger partial charge < -0.3 is 45.2 Å². The second kappa shape index (κ2) is 11.2. The lowest BCUT2D eigenvalue weighted by Crippen LogP contribution is -2.59. The predicted molar refractivity (Wildman–Crippen MR) is 128 cm³/mol. The van der Waals surface area contributed by atoms with Gasteiger partial charge in [-0.3, -0.25) is 0 Å². The first-order chi connectivity index (χ1) is 16.3. The molecular formula is C26H44O9. The molecular weight excluding hydrogens is 456 g/mol. The maximum Gasteiger partial charge on any atom is 0.187 e. The molecule has 202 valence electrons. The molecule has 3 rings (SSSR count). The zero-order valence-electron chi connectivity index (χ0n) is 21.1. The summed E-state index contributed by atoms with van der Waals surface area (Å²) in [6, 6.07) is 0. The van der Waals surface area contributed by atoms with Crippen LogP contribution in [0.1, 0.15) is 59.3 Å². The third-order valence-electron chi connectivity index (χ3n) is 8.61. The number of fused-ring (bicyclic) bond motifs is 1. The largest absolute Gasteiger partial charge is 0.394 e.